The van der Waals surface area contributed by atoms with E-state index >= 15 is 0 Å². The molecular formula is C21H28ClNO4. The number of halogens is 1. The molecule has 2 aliphatic rings. The van der Waals surface area contributed by atoms with Crippen LogP contribution in [0.4, 0.5) is 0 Å². The smallest absolute Gasteiger partial charge is 0.339 e. The van der Waals surface area contributed by atoms with Crippen LogP contribution in [0.3, 0.4) is 0 Å². The standard InChI is InChI=1S/C21H27NO4.ClH/c23-15(13-22-10-3-1-2-4-11-22)14-25-16-8-9-18-17-6-5-7-19(17)21(24)26-20(18)12-16;/h8-9,12,15,23H,1-7,10-11,13-14H2;1H. The van der Waals surface area contributed by atoms with Gasteiger partial charge in [0, 0.05) is 23.6 Å². The number of likely N-dealkylation sites (tertiary alicyclic amines) is 1. The third-order valence-electron chi connectivity index (χ3n) is 5.56. The molecular weight excluding hydrogens is 366 g/mol. The lowest BCUT2D eigenvalue weighted by Crippen LogP contribution is -2.36. The van der Waals surface area contributed by atoms with Crippen molar-refractivity contribution in [3.63, 3.8) is 0 Å². The van der Waals surface area contributed by atoms with Crippen LogP contribution in [0.15, 0.2) is 27.4 Å². The molecule has 0 saturated carbocycles. The van der Waals surface area contributed by atoms with Crippen molar-refractivity contribution in [3.8, 4) is 5.75 Å². The Kier molecular flexibility index (Phi) is 6.79. The van der Waals surface area contributed by atoms with Gasteiger partial charge in [0.25, 0.3) is 0 Å². The Bertz CT molecular complexity index is 827. The molecule has 1 atom stereocenters. The SMILES string of the molecule is Cl.O=c1oc2cc(OCC(O)CN3CCCCCC3)ccc2c2c1CCC2. The molecule has 4 rings (SSSR count). The van der Waals surface area contributed by atoms with Crippen LogP contribution in [0.1, 0.15) is 43.2 Å². The van der Waals surface area contributed by atoms with Gasteiger partial charge in [-0.3, -0.25) is 0 Å². The molecule has 27 heavy (non-hydrogen) atoms. The maximum absolute atomic E-state index is 12.1. The third-order valence-corrected chi connectivity index (χ3v) is 5.56. The average molecular weight is 394 g/mol. The average Bonchev–Trinajstić information content (AvgIpc) is 3.00. The summed E-state index contributed by atoms with van der Waals surface area (Å²) < 4.78 is 11.3. The van der Waals surface area contributed by atoms with Crippen molar-refractivity contribution >= 4 is 23.4 Å². The molecule has 1 aromatic carbocycles. The Labute approximate surface area is 165 Å². The van der Waals surface area contributed by atoms with E-state index in [1.165, 1.54) is 25.7 Å². The first-order chi connectivity index (χ1) is 12.7. The van der Waals surface area contributed by atoms with E-state index in [9.17, 15) is 9.90 Å². The Balaban J connectivity index is 0.00000210. The summed E-state index contributed by atoms with van der Waals surface area (Å²) in [5, 5.41) is 11.3. The predicted octanol–water partition coefficient (Wildman–Crippen LogP) is 3.32. The number of nitrogens with zero attached hydrogens (tertiary/aromatic N) is 1. The van der Waals surface area contributed by atoms with Gasteiger partial charge in [-0.15, -0.1) is 12.4 Å². The van der Waals surface area contributed by atoms with Gasteiger partial charge in [0.15, 0.2) is 0 Å². The van der Waals surface area contributed by atoms with Crippen LogP contribution in [-0.4, -0.2) is 42.4 Å². The zero-order chi connectivity index (χ0) is 17.9. The van der Waals surface area contributed by atoms with Crippen LogP contribution < -0.4 is 10.4 Å². The molecule has 1 aliphatic carbocycles. The summed E-state index contributed by atoms with van der Waals surface area (Å²) in [6, 6.07) is 5.65. The minimum atomic E-state index is -0.518. The molecule has 0 amide bonds. The molecule has 5 nitrogen and oxygen atoms in total. The molecule has 1 saturated heterocycles. The number of benzene rings is 1. The van der Waals surface area contributed by atoms with Crippen molar-refractivity contribution in [2.75, 3.05) is 26.2 Å². The Hall–Kier alpha value is -1.56. The van der Waals surface area contributed by atoms with Crippen LogP contribution in [0, 0.1) is 0 Å². The van der Waals surface area contributed by atoms with E-state index in [4.69, 9.17) is 9.15 Å². The zero-order valence-electron chi connectivity index (χ0n) is 15.6. The van der Waals surface area contributed by atoms with Gasteiger partial charge in [-0.2, -0.15) is 0 Å². The second kappa shape index (κ2) is 9.09. The lowest BCUT2D eigenvalue weighted by Gasteiger charge is -2.23. The quantitative estimate of drug-likeness (QED) is 0.789. The first-order valence-corrected chi connectivity index (χ1v) is 9.82. The fourth-order valence-electron chi connectivity index (χ4n) is 4.22. The summed E-state index contributed by atoms with van der Waals surface area (Å²) in [6.45, 7) is 3.01. The number of aryl methyl sites for hydroxylation is 1. The molecule has 6 heteroatoms. The van der Waals surface area contributed by atoms with Gasteiger partial charge in [-0.05, 0) is 62.9 Å². The molecule has 0 radical (unpaired) electrons. The molecule has 148 valence electrons. The molecule has 2 heterocycles. The molecule has 1 unspecified atom stereocenters. The normalized spacial score (nSPS) is 18.6. The largest absolute Gasteiger partial charge is 0.491 e. The van der Waals surface area contributed by atoms with E-state index in [1.54, 1.807) is 6.07 Å². The molecule has 2 aromatic rings. The van der Waals surface area contributed by atoms with Crippen LogP contribution in [-0.2, 0) is 12.8 Å². The Morgan fingerprint density at radius 2 is 1.81 bits per heavy atom. The number of aliphatic hydroxyl groups is 1. The highest BCUT2D eigenvalue weighted by molar-refractivity contribution is 5.85. The van der Waals surface area contributed by atoms with Gasteiger partial charge in [-0.1, -0.05) is 12.8 Å². The summed E-state index contributed by atoms with van der Waals surface area (Å²) in [7, 11) is 0. The predicted molar refractivity (Wildman–Crippen MR) is 108 cm³/mol. The van der Waals surface area contributed by atoms with E-state index in [2.05, 4.69) is 4.90 Å². The monoisotopic (exact) mass is 393 g/mol. The lowest BCUT2D eigenvalue weighted by molar-refractivity contribution is 0.0694. The number of ether oxygens (including phenoxy) is 1. The van der Waals surface area contributed by atoms with Crippen molar-refractivity contribution in [3.05, 3.63) is 39.7 Å². The Morgan fingerprint density at radius 1 is 1.07 bits per heavy atom. The molecule has 1 fully saturated rings. The van der Waals surface area contributed by atoms with Crippen molar-refractivity contribution in [2.45, 2.75) is 51.0 Å². The zero-order valence-corrected chi connectivity index (χ0v) is 16.4. The summed E-state index contributed by atoms with van der Waals surface area (Å²) in [4.78, 5) is 14.4. The Morgan fingerprint density at radius 3 is 2.59 bits per heavy atom. The highest BCUT2D eigenvalue weighted by Crippen LogP contribution is 2.29. The van der Waals surface area contributed by atoms with Gasteiger partial charge >= 0.3 is 5.63 Å². The van der Waals surface area contributed by atoms with Gasteiger partial charge in [0.2, 0.25) is 0 Å². The summed E-state index contributed by atoms with van der Waals surface area (Å²) in [5.74, 6) is 0.633. The van der Waals surface area contributed by atoms with Gasteiger partial charge in [-0.25, -0.2) is 4.79 Å². The van der Waals surface area contributed by atoms with Crippen LogP contribution in [0.2, 0.25) is 0 Å². The lowest BCUT2D eigenvalue weighted by atomic mass is 10.1. The molecule has 0 bridgehead atoms. The minimum Gasteiger partial charge on any atom is -0.491 e. The first kappa shape index (κ1) is 20.2. The first-order valence-electron chi connectivity index (χ1n) is 9.82. The highest BCUT2D eigenvalue weighted by Gasteiger charge is 2.20. The number of aliphatic hydroxyl groups excluding tert-OH is 1. The van der Waals surface area contributed by atoms with Crippen molar-refractivity contribution < 1.29 is 14.3 Å². The molecule has 1 N–H and O–H groups in total. The van der Waals surface area contributed by atoms with E-state index in [-0.39, 0.29) is 24.6 Å². The number of hydrogen-bond donors (Lipinski definition) is 1. The minimum absolute atomic E-state index is 0. The third kappa shape index (κ3) is 4.65. The van der Waals surface area contributed by atoms with Crippen LogP contribution >= 0.6 is 12.4 Å². The van der Waals surface area contributed by atoms with E-state index < -0.39 is 6.10 Å². The maximum Gasteiger partial charge on any atom is 0.339 e. The number of hydrogen-bond acceptors (Lipinski definition) is 5. The van der Waals surface area contributed by atoms with E-state index in [1.807, 2.05) is 12.1 Å². The number of fused-ring (bicyclic) bond motifs is 3. The van der Waals surface area contributed by atoms with E-state index in [0.717, 1.165) is 48.9 Å². The number of β-amino-alcohol motifs (C(OH)–C–C–N with tert-alkyl or cyclic N) is 1. The van der Waals surface area contributed by atoms with E-state index in [0.29, 0.717) is 17.9 Å². The highest BCUT2D eigenvalue weighted by atomic mass is 35.5. The second-order valence-corrected chi connectivity index (χ2v) is 7.54. The van der Waals surface area contributed by atoms with Gasteiger partial charge < -0.3 is 19.2 Å². The summed E-state index contributed by atoms with van der Waals surface area (Å²) in [5.41, 5.74) is 2.32. The summed E-state index contributed by atoms with van der Waals surface area (Å²) in [6.07, 6.45) is 7.24. The topological polar surface area (TPSA) is 62.9 Å². The van der Waals surface area contributed by atoms with Crippen LogP contribution in [0.25, 0.3) is 11.0 Å². The number of rotatable bonds is 5. The summed E-state index contributed by atoms with van der Waals surface area (Å²) >= 11 is 0. The van der Waals surface area contributed by atoms with Gasteiger partial charge in [0.1, 0.15) is 24.0 Å². The van der Waals surface area contributed by atoms with Crippen molar-refractivity contribution in [2.24, 2.45) is 0 Å². The van der Waals surface area contributed by atoms with Crippen molar-refractivity contribution in [1.82, 2.24) is 4.90 Å². The fourth-order valence-corrected chi connectivity index (χ4v) is 4.22. The fraction of sp³-hybridized carbons (Fsp3) is 0.571. The molecule has 1 aromatic heterocycles. The molecule has 0 spiro atoms. The van der Waals surface area contributed by atoms with Gasteiger partial charge in [0.05, 0.1) is 0 Å². The second-order valence-electron chi connectivity index (χ2n) is 7.54. The van der Waals surface area contributed by atoms with Crippen molar-refractivity contribution in [1.29, 1.82) is 0 Å². The maximum atomic E-state index is 12.1. The molecule has 1 aliphatic heterocycles. The van der Waals surface area contributed by atoms with Crippen LogP contribution in [0.5, 0.6) is 5.75 Å².